The summed E-state index contributed by atoms with van der Waals surface area (Å²) in [4.78, 5) is 47.6. The van der Waals surface area contributed by atoms with Crippen LogP contribution < -0.4 is 0 Å². The molecule has 0 aliphatic heterocycles. The lowest BCUT2D eigenvalue weighted by Gasteiger charge is -2.41. The second kappa shape index (κ2) is 33.2. The van der Waals surface area contributed by atoms with Crippen LogP contribution in [0.25, 0.3) is 0 Å². The molecule has 58 heavy (non-hydrogen) atoms. The first-order valence-corrected chi connectivity index (χ1v) is 22.9. The van der Waals surface area contributed by atoms with E-state index in [-0.39, 0.29) is 18.6 Å². The molecule has 0 amide bonds. The zero-order chi connectivity index (χ0) is 43.0. The van der Waals surface area contributed by atoms with Gasteiger partial charge in [-0.25, -0.2) is 4.57 Å². The average Bonchev–Trinajstić information content (AvgIpc) is 3.20. The van der Waals surface area contributed by atoms with Crippen LogP contribution in [0, 0.1) is 0 Å². The molecule has 0 aromatic carbocycles. The fraction of sp³-hybridized carbons (Fsp3) is 0.744. The highest BCUT2D eigenvalue weighted by atomic mass is 31.2. The summed E-state index contributed by atoms with van der Waals surface area (Å²) >= 11 is 0. The van der Waals surface area contributed by atoms with Gasteiger partial charge in [0.15, 0.2) is 11.9 Å². The van der Waals surface area contributed by atoms with Crippen molar-refractivity contribution in [1.29, 1.82) is 0 Å². The topological polar surface area (TPSA) is 227 Å². The molecule has 0 saturated heterocycles. The minimum atomic E-state index is -5.15. The van der Waals surface area contributed by atoms with Gasteiger partial charge in [0.05, 0.1) is 6.61 Å². The van der Waals surface area contributed by atoms with E-state index in [9.17, 15) is 49.4 Å². The molecule has 8 atom stereocenters. The van der Waals surface area contributed by atoms with Gasteiger partial charge in [-0.05, 0) is 63.9 Å². The smallest absolute Gasteiger partial charge is 0.462 e. The third-order valence-corrected chi connectivity index (χ3v) is 10.6. The van der Waals surface area contributed by atoms with Crippen LogP contribution in [-0.4, -0.2) is 104 Å². The predicted molar refractivity (Wildman–Crippen MR) is 221 cm³/mol. The average molecular weight is 845 g/mol. The third-order valence-electron chi connectivity index (χ3n) is 9.60. The van der Waals surface area contributed by atoms with E-state index in [1.54, 1.807) is 12.2 Å². The van der Waals surface area contributed by atoms with Gasteiger partial charge in [0.2, 0.25) is 0 Å². The Morgan fingerprint density at radius 3 is 1.76 bits per heavy atom. The molecule has 1 aliphatic rings. The third kappa shape index (κ3) is 25.9. The molecule has 0 radical (unpaired) electrons. The van der Waals surface area contributed by atoms with Gasteiger partial charge in [0.1, 0.15) is 43.2 Å². The quantitative estimate of drug-likeness (QED) is 0.00980. The van der Waals surface area contributed by atoms with E-state index in [4.69, 9.17) is 18.5 Å². The zero-order valence-electron chi connectivity index (χ0n) is 34.8. The van der Waals surface area contributed by atoms with Gasteiger partial charge in [-0.15, -0.1) is 0 Å². The molecule has 0 bridgehead atoms. The number of aliphatic hydroxyl groups is 5. The van der Waals surface area contributed by atoms with Crippen molar-refractivity contribution in [1.82, 2.24) is 0 Å². The van der Waals surface area contributed by atoms with Gasteiger partial charge < -0.3 is 39.9 Å². The highest BCUT2D eigenvalue weighted by molar-refractivity contribution is 7.47. The van der Waals surface area contributed by atoms with Crippen molar-refractivity contribution in [3.8, 4) is 0 Å². The molecule has 1 rings (SSSR count). The van der Waals surface area contributed by atoms with Crippen LogP contribution in [-0.2, 0) is 37.5 Å². The van der Waals surface area contributed by atoms with Crippen molar-refractivity contribution in [2.24, 2.45) is 0 Å². The van der Waals surface area contributed by atoms with Crippen molar-refractivity contribution in [3.05, 3.63) is 48.6 Å². The van der Waals surface area contributed by atoms with E-state index in [0.717, 1.165) is 89.9 Å². The number of carbonyl (C=O) groups excluding carboxylic acids is 3. The summed E-state index contributed by atoms with van der Waals surface area (Å²) in [6.07, 6.45) is 19.9. The fourth-order valence-electron chi connectivity index (χ4n) is 6.07. The number of allylic oxidation sites excluding steroid dienone is 8. The molecule has 0 aromatic rings. The molecule has 1 saturated carbocycles. The first kappa shape index (κ1) is 53.5. The van der Waals surface area contributed by atoms with E-state index < -0.39 is 75.7 Å². The molecule has 15 heteroatoms. The summed E-state index contributed by atoms with van der Waals surface area (Å²) in [5.74, 6) is -1.14. The molecule has 14 nitrogen and oxygen atoms in total. The van der Waals surface area contributed by atoms with E-state index in [2.05, 4.69) is 44.2 Å². The lowest BCUT2D eigenvalue weighted by Crippen LogP contribution is -2.64. The molecular weight excluding hydrogens is 771 g/mol. The first-order chi connectivity index (χ1) is 27.8. The summed E-state index contributed by atoms with van der Waals surface area (Å²) in [5, 5.41) is 50.0. The van der Waals surface area contributed by atoms with Gasteiger partial charge in [-0.2, -0.15) is 0 Å². The number of hydrogen-bond donors (Lipinski definition) is 6. The molecule has 6 N–H and O–H groups in total. The predicted octanol–water partition coefficient (Wildman–Crippen LogP) is 6.79. The Bertz CT molecular complexity index is 1270. The Morgan fingerprint density at radius 1 is 0.586 bits per heavy atom. The van der Waals surface area contributed by atoms with Crippen LogP contribution in [0.4, 0.5) is 0 Å². The Morgan fingerprint density at radius 2 is 1.12 bits per heavy atom. The summed E-state index contributed by atoms with van der Waals surface area (Å²) in [7, 11) is -5.15. The van der Waals surface area contributed by atoms with Gasteiger partial charge in [0, 0.05) is 19.3 Å². The maximum Gasteiger partial charge on any atom is 0.472 e. The van der Waals surface area contributed by atoms with E-state index in [1.165, 1.54) is 12.8 Å². The van der Waals surface area contributed by atoms with E-state index in [1.807, 2.05) is 6.08 Å². The standard InChI is InChI=1S/C43H73O14P/c1-3-5-7-9-11-12-13-14-15-16-18-22-27-31-37(46)56-35(33-55-58(52,53)57-43-41(50)39(48)38(47)40(49)42(43)51)32-54-36(45)30-26-23-19-21-25-29-34(44)28-24-20-17-10-8-6-4-2/h7,9,12-13,17,20,24,28,35,38-43,47-51H,3-6,8,10-11,14-16,18-19,21-23,25-27,29-33H2,1-2H3,(H,52,53)/b9-7-,13-12-,20-17-,28-24+/t35-,38?,39-,40+,41-,42-,43?/m1/s1. The number of esters is 2. The van der Waals surface area contributed by atoms with Crippen molar-refractivity contribution < 1.29 is 67.9 Å². The molecule has 1 aliphatic carbocycles. The first-order valence-electron chi connectivity index (χ1n) is 21.4. The molecule has 334 valence electrons. The number of carbonyl (C=O) groups is 3. The fourth-order valence-corrected chi connectivity index (χ4v) is 7.04. The van der Waals surface area contributed by atoms with Crippen LogP contribution in [0.1, 0.15) is 149 Å². The van der Waals surface area contributed by atoms with Gasteiger partial charge >= 0.3 is 19.8 Å². The van der Waals surface area contributed by atoms with Gasteiger partial charge in [0.25, 0.3) is 0 Å². The van der Waals surface area contributed by atoms with Crippen LogP contribution in [0.15, 0.2) is 48.6 Å². The minimum Gasteiger partial charge on any atom is -0.462 e. The lowest BCUT2D eigenvalue weighted by atomic mass is 9.85. The highest BCUT2D eigenvalue weighted by Gasteiger charge is 2.51. The van der Waals surface area contributed by atoms with Crippen LogP contribution >= 0.6 is 7.82 Å². The molecule has 0 aromatic heterocycles. The van der Waals surface area contributed by atoms with Gasteiger partial charge in [-0.3, -0.25) is 23.4 Å². The van der Waals surface area contributed by atoms with Crippen LogP contribution in [0.3, 0.4) is 0 Å². The molecular formula is C43H73O14P. The monoisotopic (exact) mass is 844 g/mol. The maximum absolute atomic E-state index is 12.8. The minimum absolute atomic E-state index is 0.0539. The van der Waals surface area contributed by atoms with E-state index >= 15 is 0 Å². The number of unbranched alkanes of at least 4 members (excludes halogenated alkanes) is 13. The molecule has 0 heterocycles. The Hall–Kier alpha value is -2.52. The van der Waals surface area contributed by atoms with Crippen molar-refractivity contribution in [2.45, 2.75) is 191 Å². The van der Waals surface area contributed by atoms with Crippen molar-refractivity contribution in [3.63, 3.8) is 0 Å². The van der Waals surface area contributed by atoms with Gasteiger partial charge in [-0.1, -0.05) is 114 Å². The second-order valence-corrected chi connectivity index (χ2v) is 16.3. The summed E-state index contributed by atoms with van der Waals surface area (Å²) in [5.41, 5.74) is 0. The number of aliphatic hydroxyl groups excluding tert-OH is 5. The summed E-state index contributed by atoms with van der Waals surface area (Å²) in [6, 6.07) is 0. The largest absolute Gasteiger partial charge is 0.472 e. The maximum atomic E-state index is 12.8. The molecule has 0 spiro atoms. The van der Waals surface area contributed by atoms with Crippen molar-refractivity contribution in [2.75, 3.05) is 13.2 Å². The summed E-state index contributed by atoms with van der Waals surface area (Å²) < 4.78 is 33.3. The number of ketones is 1. The van der Waals surface area contributed by atoms with Crippen molar-refractivity contribution >= 4 is 25.5 Å². The molecule has 3 unspecified atom stereocenters. The normalized spacial score (nSPS) is 22.9. The number of phosphoric acid groups is 1. The number of hydrogen-bond acceptors (Lipinski definition) is 13. The van der Waals surface area contributed by atoms with Crippen LogP contribution in [0.5, 0.6) is 0 Å². The van der Waals surface area contributed by atoms with Crippen LogP contribution in [0.2, 0.25) is 0 Å². The number of ether oxygens (including phenoxy) is 2. The highest BCUT2D eigenvalue weighted by Crippen LogP contribution is 2.47. The summed E-state index contributed by atoms with van der Waals surface area (Å²) in [6.45, 7) is 3.04. The molecule has 1 fully saturated rings. The van der Waals surface area contributed by atoms with E-state index in [0.29, 0.717) is 19.3 Å². The number of phosphoric ester groups is 1. The zero-order valence-corrected chi connectivity index (χ0v) is 35.7. The Balaban J connectivity index is 2.54. The Kier molecular flexibility index (Phi) is 30.6. The SMILES string of the molecule is CCC/C=C\C/C=C\CCCCCCCC(=O)O[C@H](COC(=O)CCCCCCCC(=O)/C=C/C=C\CCCCC)COP(=O)(O)OC1[C@H](O)[C@H](O)C(O)[C@H](O)[C@H]1O. The Labute approximate surface area is 346 Å². The second-order valence-electron chi connectivity index (χ2n) is 14.9. The number of rotatable bonds is 34. The lowest BCUT2D eigenvalue weighted by molar-refractivity contribution is -0.220.